The van der Waals surface area contributed by atoms with Crippen molar-refractivity contribution in [3.05, 3.63) is 106 Å². The lowest BCUT2D eigenvalue weighted by Gasteiger charge is -2.06. The summed E-state index contributed by atoms with van der Waals surface area (Å²) in [7, 11) is 0. The van der Waals surface area contributed by atoms with Crippen LogP contribution in [0.4, 0.5) is 4.39 Å². The molecule has 0 radical (unpaired) electrons. The Morgan fingerprint density at radius 2 is 1.72 bits per heavy atom. The van der Waals surface area contributed by atoms with E-state index in [0.29, 0.717) is 17.4 Å². The number of benzene rings is 3. The molecule has 1 aliphatic rings. The van der Waals surface area contributed by atoms with E-state index in [4.69, 9.17) is 21.1 Å². The predicted molar refractivity (Wildman–Crippen MR) is 109 cm³/mol. The topological polar surface area (TPSA) is 47.9 Å². The number of cyclic esters (lactones) is 1. The molecule has 1 aliphatic heterocycles. The zero-order chi connectivity index (χ0) is 20.2. The molecule has 1 heterocycles. The fourth-order valence-corrected chi connectivity index (χ4v) is 2.85. The maximum Gasteiger partial charge on any atom is 0.363 e. The van der Waals surface area contributed by atoms with Crippen LogP contribution in [0.25, 0.3) is 6.08 Å². The van der Waals surface area contributed by atoms with Crippen LogP contribution in [0.5, 0.6) is 5.75 Å². The first kappa shape index (κ1) is 18.9. The van der Waals surface area contributed by atoms with Gasteiger partial charge in [0.05, 0.1) is 5.56 Å². The van der Waals surface area contributed by atoms with E-state index in [1.807, 2.05) is 24.3 Å². The van der Waals surface area contributed by atoms with Gasteiger partial charge in [-0.3, -0.25) is 0 Å². The van der Waals surface area contributed by atoms with Crippen molar-refractivity contribution in [2.45, 2.75) is 6.61 Å². The van der Waals surface area contributed by atoms with Crippen LogP contribution in [0, 0.1) is 5.82 Å². The molecule has 0 spiro atoms. The minimum atomic E-state index is -0.619. The first-order valence-electron chi connectivity index (χ1n) is 8.83. The second-order valence-corrected chi connectivity index (χ2v) is 6.74. The molecule has 0 bridgehead atoms. The molecule has 0 saturated heterocycles. The number of nitrogens with zero attached hydrogens (tertiary/aromatic N) is 1. The lowest BCUT2D eigenvalue weighted by atomic mass is 10.2. The van der Waals surface area contributed by atoms with Crippen molar-refractivity contribution in [3.63, 3.8) is 0 Å². The fraction of sp³-hybridized carbons (Fsp3) is 0.0435. The van der Waals surface area contributed by atoms with Gasteiger partial charge in [-0.15, -0.1) is 0 Å². The molecular weight excluding hydrogens is 393 g/mol. The average molecular weight is 408 g/mol. The van der Waals surface area contributed by atoms with E-state index in [1.165, 1.54) is 12.1 Å². The van der Waals surface area contributed by atoms with Gasteiger partial charge in [-0.25, -0.2) is 14.2 Å². The summed E-state index contributed by atoms with van der Waals surface area (Å²) < 4.78 is 24.7. The smallest absolute Gasteiger partial charge is 0.363 e. The van der Waals surface area contributed by atoms with E-state index in [9.17, 15) is 9.18 Å². The second-order valence-electron chi connectivity index (χ2n) is 6.30. The molecule has 0 saturated carbocycles. The van der Waals surface area contributed by atoms with Crippen molar-refractivity contribution >= 4 is 29.5 Å². The molecule has 4 nitrogen and oxygen atoms in total. The van der Waals surface area contributed by atoms with Gasteiger partial charge < -0.3 is 9.47 Å². The van der Waals surface area contributed by atoms with Gasteiger partial charge in [-0.2, -0.15) is 0 Å². The Balaban J connectivity index is 1.46. The quantitative estimate of drug-likeness (QED) is 0.420. The van der Waals surface area contributed by atoms with Crippen LogP contribution in [-0.4, -0.2) is 11.9 Å². The highest BCUT2D eigenvalue weighted by Gasteiger charge is 2.25. The predicted octanol–water partition coefficient (Wildman–Crippen LogP) is 5.40. The van der Waals surface area contributed by atoms with Gasteiger partial charge >= 0.3 is 5.97 Å². The summed E-state index contributed by atoms with van der Waals surface area (Å²) in [5.41, 5.74) is 2.01. The van der Waals surface area contributed by atoms with Gasteiger partial charge in [0.15, 0.2) is 5.70 Å². The number of hydrogen-bond acceptors (Lipinski definition) is 4. The molecule has 3 aromatic carbocycles. The molecule has 0 fully saturated rings. The van der Waals surface area contributed by atoms with Gasteiger partial charge in [-0.05, 0) is 53.6 Å². The summed E-state index contributed by atoms with van der Waals surface area (Å²) in [4.78, 5) is 16.2. The second kappa shape index (κ2) is 8.29. The van der Waals surface area contributed by atoms with Gasteiger partial charge in [-0.1, -0.05) is 48.0 Å². The SMILES string of the molecule is O=C1OC(c2ccccc2F)=NC1=Cc1ccc(OCc2ccc(Cl)cc2)cc1. The Hall–Kier alpha value is -3.44. The zero-order valence-corrected chi connectivity index (χ0v) is 15.9. The number of esters is 1. The van der Waals surface area contributed by atoms with Crippen molar-refractivity contribution in [1.82, 2.24) is 0 Å². The third-order valence-electron chi connectivity index (χ3n) is 4.23. The molecule has 6 heteroatoms. The third-order valence-corrected chi connectivity index (χ3v) is 4.48. The van der Waals surface area contributed by atoms with Gasteiger partial charge in [0.25, 0.3) is 0 Å². The summed E-state index contributed by atoms with van der Waals surface area (Å²) in [5, 5.41) is 0.678. The Labute approximate surface area is 171 Å². The Morgan fingerprint density at radius 1 is 1.00 bits per heavy atom. The lowest BCUT2D eigenvalue weighted by Crippen LogP contribution is -2.07. The van der Waals surface area contributed by atoms with Crippen molar-refractivity contribution in [2.24, 2.45) is 4.99 Å². The highest BCUT2D eigenvalue weighted by Crippen LogP contribution is 2.22. The normalized spacial score (nSPS) is 14.6. The summed E-state index contributed by atoms with van der Waals surface area (Å²) in [6, 6.07) is 20.6. The maximum atomic E-state index is 13.9. The summed E-state index contributed by atoms with van der Waals surface area (Å²) in [5.74, 6) is -0.470. The van der Waals surface area contributed by atoms with E-state index in [-0.39, 0.29) is 17.2 Å². The number of aliphatic imine (C=N–C) groups is 1. The monoisotopic (exact) mass is 407 g/mol. The number of ether oxygens (including phenoxy) is 2. The number of hydrogen-bond donors (Lipinski definition) is 0. The van der Waals surface area contributed by atoms with Crippen LogP contribution in [0.15, 0.2) is 83.5 Å². The minimum Gasteiger partial charge on any atom is -0.489 e. The average Bonchev–Trinajstić information content (AvgIpc) is 3.09. The van der Waals surface area contributed by atoms with Crippen molar-refractivity contribution in [2.75, 3.05) is 0 Å². The number of carbonyl (C=O) groups excluding carboxylic acids is 1. The van der Waals surface area contributed by atoms with E-state index in [1.54, 1.807) is 42.5 Å². The van der Waals surface area contributed by atoms with Crippen molar-refractivity contribution < 1.29 is 18.7 Å². The van der Waals surface area contributed by atoms with Crippen LogP contribution >= 0.6 is 11.6 Å². The van der Waals surface area contributed by atoms with Crippen molar-refractivity contribution in [3.8, 4) is 5.75 Å². The Kier molecular flexibility index (Phi) is 5.40. The van der Waals surface area contributed by atoms with Crippen LogP contribution in [-0.2, 0) is 16.1 Å². The van der Waals surface area contributed by atoms with Crippen molar-refractivity contribution in [1.29, 1.82) is 0 Å². The highest BCUT2D eigenvalue weighted by atomic mass is 35.5. The van der Waals surface area contributed by atoms with E-state index in [0.717, 1.165) is 11.1 Å². The number of halogens is 2. The summed E-state index contributed by atoms with van der Waals surface area (Å²) in [6.45, 7) is 0.417. The van der Waals surface area contributed by atoms with Gasteiger partial charge in [0, 0.05) is 5.02 Å². The molecule has 4 rings (SSSR count). The molecule has 0 atom stereocenters. The Morgan fingerprint density at radius 3 is 2.45 bits per heavy atom. The first-order valence-corrected chi connectivity index (χ1v) is 9.21. The van der Waals surface area contributed by atoms with E-state index < -0.39 is 11.8 Å². The molecule has 144 valence electrons. The van der Waals surface area contributed by atoms with E-state index in [2.05, 4.69) is 4.99 Å². The maximum absolute atomic E-state index is 13.9. The molecule has 0 N–H and O–H groups in total. The van der Waals surface area contributed by atoms with Crippen LogP contribution in [0.2, 0.25) is 5.02 Å². The molecule has 29 heavy (non-hydrogen) atoms. The lowest BCUT2D eigenvalue weighted by molar-refractivity contribution is -0.129. The number of rotatable bonds is 5. The Bertz CT molecular complexity index is 1110. The van der Waals surface area contributed by atoms with E-state index >= 15 is 0 Å². The standard InChI is InChI=1S/C23H15ClFNO3/c24-17-9-5-16(6-10-17)14-28-18-11-7-15(8-12-18)13-21-23(27)29-22(26-21)19-3-1-2-4-20(19)25/h1-13H,14H2. The molecular formula is C23H15ClFNO3. The summed E-state index contributed by atoms with van der Waals surface area (Å²) in [6.07, 6.45) is 1.58. The molecule has 3 aromatic rings. The van der Waals surface area contributed by atoms with Crippen LogP contribution in [0.3, 0.4) is 0 Å². The van der Waals surface area contributed by atoms with Gasteiger partial charge in [0.2, 0.25) is 5.90 Å². The third kappa shape index (κ3) is 4.52. The molecule has 0 amide bonds. The largest absolute Gasteiger partial charge is 0.489 e. The number of carbonyl (C=O) groups is 1. The highest BCUT2D eigenvalue weighted by molar-refractivity contribution is 6.30. The molecule has 0 aliphatic carbocycles. The van der Waals surface area contributed by atoms with Crippen LogP contribution in [0.1, 0.15) is 16.7 Å². The van der Waals surface area contributed by atoms with Gasteiger partial charge in [0.1, 0.15) is 18.2 Å². The van der Waals surface area contributed by atoms with Crippen LogP contribution < -0.4 is 4.74 Å². The fourth-order valence-electron chi connectivity index (χ4n) is 2.72. The first-order chi connectivity index (χ1) is 14.1. The minimum absolute atomic E-state index is 0.0396. The zero-order valence-electron chi connectivity index (χ0n) is 15.1. The molecule has 0 unspecified atom stereocenters. The summed E-state index contributed by atoms with van der Waals surface area (Å²) >= 11 is 5.87. The molecule has 0 aromatic heterocycles.